The minimum absolute atomic E-state index is 0.296. The molecular formula is C25H33FN2O4. The minimum Gasteiger partial charge on any atom is -0.488 e. The van der Waals surface area contributed by atoms with E-state index in [4.69, 9.17) is 9.47 Å². The number of para-hydroxylation sites is 1. The van der Waals surface area contributed by atoms with Crippen molar-refractivity contribution in [1.82, 2.24) is 10.2 Å². The summed E-state index contributed by atoms with van der Waals surface area (Å²) < 4.78 is 24.8. The lowest BCUT2D eigenvalue weighted by Gasteiger charge is -2.44. The molecular weight excluding hydrogens is 411 g/mol. The number of hydrogen-bond acceptors (Lipinski definition) is 5. The van der Waals surface area contributed by atoms with Gasteiger partial charge in [-0.3, -0.25) is 4.90 Å². The maximum absolute atomic E-state index is 13.3. The highest BCUT2D eigenvalue weighted by Crippen LogP contribution is 2.28. The third-order valence-electron chi connectivity index (χ3n) is 5.49. The fourth-order valence-corrected chi connectivity index (χ4v) is 4.11. The van der Waals surface area contributed by atoms with Crippen LogP contribution in [0.4, 0.5) is 9.18 Å². The zero-order valence-corrected chi connectivity index (χ0v) is 19.1. The lowest BCUT2D eigenvalue weighted by molar-refractivity contribution is -0.0632. The van der Waals surface area contributed by atoms with Crippen LogP contribution in [0.1, 0.15) is 39.2 Å². The monoisotopic (exact) mass is 444 g/mol. The van der Waals surface area contributed by atoms with Gasteiger partial charge in [0.05, 0.1) is 12.1 Å². The van der Waals surface area contributed by atoms with E-state index in [2.05, 4.69) is 5.32 Å². The van der Waals surface area contributed by atoms with Crippen molar-refractivity contribution in [3.05, 3.63) is 66.0 Å². The molecule has 174 valence electrons. The first-order valence-electron chi connectivity index (χ1n) is 11.0. The summed E-state index contributed by atoms with van der Waals surface area (Å²) in [5.74, 6) is 0.393. The van der Waals surface area contributed by atoms with Gasteiger partial charge in [0.25, 0.3) is 0 Å². The number of rotatable bonds is 6. The standard InChI is InChI=1S/C25H33FN2O4/c1-25(2,3)32-24(30)27-20-14-15-21(31-19-8-6-5-7-9-19)23(29)22(20)28(4)16-17-10-12-18(26)13-11-17/h5-13,20-23,29H,14-16H2,1-4H3,(H,27,30)/t20-,21-,22+,23+/m1/s1. The van der Waals surface area contributed by atoms with Gasteiger partial charge in [-0.2, -0.15) is 0 Å². The van der Waals surface area contributed by atoms with Crippen molar-refractivity contribution in [3.63, 3.8) is 0 Å². The van der Waals surface area contributed by atoms with Gasteiger partial charge >= 0.3 is 6.09 Å². The number of alkyl carbamates (subject to hydrolysis) is 1. The molecule has 0 aromatic heterocycles. The van der Waals surface area contributed by atoms with Crippen molar-refractivity contribution in [2.45, 2.75) is 70.1 Å². The lowest BCUT2D eigenvalue weighted by Crippen LogP contribution is -2.63. The molecule has 0 unspecified atom stereocenters. The maximum atomic E-state index is 13.3. The molecule has 7 heteroatoms. The summed E-state index contributed by atoms with van der Waals surface area (Å²) in [4.78, 5) is 14.4. The van der Waals surface area contributed by atoms with E-state index in [1.54, 1.807) is 12.1 Å². The van der Waals surface area contributed by atoms with Crippen LogP contribution in [-0.4, -0.2) is 53.0 Å². The molecule has 2 N–H and O–H groups in total. The van der Waals surface area contributed by atoms with Crippen LogP contribution >= 0.6 is 0 Å². The van der Waals surface area contributed by atoms with E-state index >= 15 is 0 Å². The Morgan fingerprint density at radius 1 is 1.12 bits per heavy atom. The highest BCUT2D eigenvalue weighted by atomic mass is 19.1. The van der Waals surface area contributed by atoms with E-state index in [0.717, 1.165) is 5.56 Å². The van der Waals surface area contributed by atoms with Crippen molar-refractivity contribution >= 4 is 6.09 Å². The molecule has 0 spiro atoms. The van der Waals surface area contributed by atoms with Gasteiger partial charge in [-0.25, -0.2) is 9.18 Å². The van der Waals surface area contributed by atoms with Gasteiger partial charge in [-0.1, -0.05) is 30.3 Å². The molecule has 4 atom stereocenters. The summed E-state index contributed by atoms with van der Waals surface area (Å²) in [6.45, 7) is 5.91. The van der Waals surface area contributed by atoms with Gasteiger partial charge < -0.3 is 19.9 Å². The Balaban J connectivity index is 1.77. The van der Waals surface area contributed by atoms with Crippen LogP contribution in [0.5, 0.6) is 5.75 Å². The number of aliphatic hydroxyl groups excluding tert-OH is 1. The van der Waals surface area contributed by atoms with Gasteiger partial charge in [-0.15, -0.1) is 0 Å². The highest BCUT2D eigenvalue weighted by Gasteiger charge is 2.43. The van der Waals surface area contributed by atoms with Gasteiger partial charge in [0.15, 0.2) is 0 Å². The number of halogens is 1. The van der Waals surface area contributed by atoms with Crippen molar-refractivity contribution in [2.24, 2.45) is 0 Å². The average Bonchev–Trinajstić information content (AvgIpc) is 2.71. The maximum Gasteiger partial charge on any atom is 0.407 e. The number of nitrogens with zero attached hydrogens (tertiary/aromatic N) is 1. The molecule has 2 aromatic carbocycles. The molecule has 6 nitrogen and oxygen atoms in total. The van der Waals surface area contributed by atoms with Crippen molar-refractivity contribution in [3.8, 4) is 5.75 Å². The normalized spacial score (nSPS) is 23.6. The largest absolute Gasteiger partial charge is 0.488 e. The van der Waals surface area contributed by atoms with Gasteiger partial charge in [0.1, 0.15) is 29.4 Å². The minimum atomic E-state index is -0.852. The Hall–Kier alpha value is -2.64. The zero-order valence-electron chi connectivity index (χ0n) is 19.1. The van der Waals surface area contributed by atoms with E-state index in [1.807, 2.05) is 63.1 Å². The molecule has 1 aliphatic carbocycles. The Kier molecular flexibility index (Phi) is 7.74. The first kappa shape index (κ1) is 24.0. The Bertz CT molecular complexity index is 870. The highest BCUT2D eigenvalue weighted by molar-refractivity contribution is 5.68. The molecule has 1 aliphatic rings. The SMILES string of the molecule is CN(Cc1ccc(F)cc1)[C@@H]1[C@@H](O)[C@H](Oc2ccccc2)CC[C@H]1NC(=O)OC(C)(C)C. The second-order valence-electron chi connectivity index (χ2n) is 9.32. The van der Waals surface area contributed by atoms with Crippen LogP contribution in [0.2, 0.25) is 0 Å². The van der Waals surface area contributed by atoms with Gasteiger partial charge in [0, 0.05) is 6.54 Å². The predicted molar refractivity (Wildman–Crippen MR) is 121 cm³/mol. The number of ether oxygens (including phenoxy) is 2. The van der Waals surface area contributed by atoms with E-state index in [9.17, 15) is 14.3 Å². The van der Waals surface area contributed by atoms with Gasteiger partial charge in [0.2, 0.25) is 0 Å². The first-order valence-corrected chi connectivity index (χ1v) is 11.0. The smallest absolute Gasteiger partial charge is 0.407 e. The van der Waals surface area contributed by atoms with Crippen LogP contribution in [0.25, 0.3) is 0 Å². The van der Waals surface area contributed by atoms with Crippen LogP contribution < -0.4 is 10.1 Å². The first-order chi connectivity index (χ1) is 15.1. The fraction of sp³-hybridized carbons (Fsp3) is 0.480. The molecule has 0 aliphatic heterocycles. The van der Waals surface area contributed by atoms with Crippen LogP contribution in [0.15, 0.2) is 54.6 Å². The number of likely N-dealkylation sites (N-methyl/N-ethyl adjacent to an activating group) is 1. The molecule has 3 rings (SSSR count). The number of aliphatic hydroxyl groups is 1. The van der Waals surface area contributed by atoms with Crippen LogP contribution in [0, 0.1) is 5.82 Å². The van der Waals surface area contributed by atoms with Gasteiger partial charge in [-0.05, 0) is 70.5 Å². The van der Waals surface area contributed by atoms with E-state index in [0.29, 0.717) is 25.1 Å². The number of nitrogens with one attached hydrogen (secondary N) is 1. The zero-order chi connectivity index (χ0) is 23.3. The van der Waals surface area contributed by atoms with E-state index < -0.39 is 29.9 Å². The average molecular weight is 445 g/mol. The molecule has 0 heterocycles. The van der Waals surface area contributed by atoms with Crippen LogP contribution in [-0.2, 0) is 11.3 Å². The lowest BCUT2D eigenvalue weighted by atomic mass is 9.84. The predicted octanol–water partition coefficient (Wildman–Crippen LogP) is 4.12. The summed E-state index contributed by atoms with van der Waals surface area (Å²) >= 11 is 0. The topological polar surface area (TPSA) is 71.0 Å². The summed E-state index contributed by atoms with van der Waals surface area (Å²) in [5, 5.41) is 14.2. The summed E-state index contributed by atoms with van der Waals surface area (Å²) in [6.07, 6.45) is -0.592. The Morgan fingerprint density at radius 2 is 1.78 bits per heavy atom. The third-order valence-corrected chi connectivity index (χ3v) is 5.49. The number of benzene rings is 2. The quantitative estimate of drug-likeness (QED) is 0.701. The summed E-state index contributed by atoms with van der Waals surface area (Å²) in [7, 11) is 1.88. The Morgan fingerprint density at radius 3 is 2.41 bits per heavy atom. The molecule has 2 aromatic rings. The van der Waals surface area contributed by atoms with E-state index in [1.165, 1.54) is 12.1 Å². The van der Waals surface area contributed by atoms with Crippen molar-refractivity contribution in [2.75, 3.05) is 7.05 Å². The number of carbonyl (C=O) groups is 1. The van der Waals surface area contributed by atoms with Crippen molar-refractivity contribution in [1.29, 1.82) is 0 Å². The van der Waals surface area contributed by atoms with E-state index in [-0.39, 0.29) is 11.9 Å². The number of amides is 1. The molecule has 1 fully saturated rings. The molecule has 32 heavy (non-hydrogen) atoms. The molecule has 0 bridgehead atoms. The van der Waals surface area contributed by atoms with Crippen LogP contribution in [0.3, 0.4) is 0 Å². The summed E-state index contributed by atoms with van der Waals surface area (Å²) in [5.41, 5.74) is 0.287. The summed E-state index contributed by atoms with van der Waals surface area (Å²) in [6, 6.07) is 14.9. The second kappa shape index (κ2) is 10.3. The molecule has 1 amide bonds. The second-order valence-corrected chi connectivity index (χ2v) is 9.32. The fourth-order valence-electron chi connectivity index (χ4n) is 4.11. The number of carbonyl (C=O) groups excluding carboxylic acids is 1. The molecule has 0 saturated heterocycles. The molecule has 0 radical (unpaired) electrons. The molecule has 1 saturated carbocycles. The Labute approximate surface area is 189 Å². The third kappa shape index (κ3) is 6.68. The number of hydrogen-bond donors (Lipinski definition) is 2. The van der Waals surface area contributed by atoms with Crippen molar-refractivity contribution < 1.29 is 23.8 Å².